The quantitative estimate of drug-likeness (QED) is 0.760. The van der Waals surface area contributed by atoms with Gasteiger partial charge in [0.05, 0.1) is 12.8 Å². The Kier molecular flexibility index (Phi) is 3.71. The Balaban J connectivity index is 1.61. The van der Waals surface area contributed by atoms with Crippen molar-refractivity contribution in [2.75, 3.05) is 6.61 Å². The first-order valence-electron chi connectivity index (χ1n) is 8.97. The maximum atomic E-state index is 6.12. The van der Waals surface area contributed by atoms with Crippen LogP contribution in [0.1, 0.15) is 29.4 Å². The Labute approximate surface area is 152 Å². The van der Waals surface area contributed by atoms with Gasteiger partial charge in [-0.25, -0.2) is 0 Å². The molecule has 3 aliphatic rings. The van der Waals surface area contributed by atoms with E-state index in [1.807, 2.05) is 18.2 Å². The fourth-order valence-electron chi connectivity index (χ4n) is 4.12. The molecule has 1 aliphatic carbocycles. The minimum Gasteiger partial charge on any atom is -0.493 e. The van der Waals surface area contributed by atoms with Gasteiger partial charge in [-0.1, -0.05) is 65.3 Å². The van der Waals surface area contributed by atoms with Crippen molar-refractivity contribution in [3.63, 3.8) is 0 Å². The Hall–Kier alpha value is -3.07. The Morgan fingerprint density at radius 3 is 2.65 bits per heavy atom. The van der Waals surface area contributed by atoms with Gasteiger partial charge in [0.25, 0.3) is 0 Å². The lowest BCUT2D eigenvalue weighted by Gasteiger charge is -2.36. The van der Waals surface area contributed by atoms with Crippen molar-refractivity contribution in [1.82, 2.24) is 0 Å². The van der Waals surface area contributed by atoms with Gasteiger partial charge < -0.3 is 9.57 Å². The molecule has 0 aromatic heterocycles. The Morgan fingerprint density at radius 2 is 1.73 bits per heavy atom. The summed E-state index contributed by atoms with van der Waals surface area (Å²) in [6.07, 6.45) is 8.89. The van der Waals surface area contributed by atoms with Gasteiger partial charge in [-0.3, -0.25) is 0 Å². The summed E-state index contributed by atoms with van der Waals surface area (Å²) in [4.78, 5) is 5.39. The molecule has 0 saturated heterocycles. The molecule has 2 unspecified atom stereocenters. The number of oxime groups is 1. The van der Waals surface area contributed by atoms with Gasteiger partial charge in [-0.05, 0) is 30.2 Å². The molecule has 0 fully saturated rings. The maximum Gasteiger partial charge on any atom is 0.161 e. The van der Waals surface area contributed by atoms with E-state index in [-0.39, 0.29) is 0 Å². The number of para-hydroxylation sites is 1. The third kappa shape index (κ3) is 2.57. The predicted molar refractivity (Wildman–Crippen MR) is 102 cm³/mol. The van der Waals surface area contributed by atoms with Crippen LogP contribution in [0, 0.1) is 0 Å². The standard InChI is InChI=1S/C23H19NO2/c1-2-6-16(7-3-1)20-15-25-22-9-5-4-8-19(22)23(20)18-10-11-21-17(14-18)12-13-24-26-21/h1-13,20,23H,14-15H2. The van der Waals surface area contributed by atoms with E-state index in [4.69, 9.17) is 9.57 Å². The second-order valence-electron chi connectivity index (χ2n) is 6.83. The molecule has 0 saturated carbocycles. The van der Waals surface area contributed by atoms with Crippen LogP contribution in [-0.4, -0.2) is 12.8 Å². The normalized spacial score (nSPS) is 23.5. The van der Waals surface area contributed by atoms with E-state index in [0.717, 1.165) is 17.9 Å². The number of benzene rings is 2. The summed E-state index contributed by atoms with van der Waals surface area (Å²) in [5, 5.41) is 3.88. The molecule has 0 spiro atoms. The molecule has 0 amide bonds. The molecule has 0 bridgehead atoms. The fourth-order valence-corrected chi connectivity index (χ4v) is 4.12. The number of allylic oxidation sites excluding steroid dienone is 5. The summed E-state index contributed by atoms with van der Waals surface area (Å²) in [5.74, 6) is 2.44. The zero-order valence-corrected chi connectivity index (χ0v) is 14.3. The number of fused-ring (bicyclic) bond motifs is 2. The highest BCUT2D eigenvalue weighted by Crippen LogP contribution is 2.48. The smallest absolute Gasteiger partial charge is 0.161 e. The van der Waals surface area contributed by atoms with Gasteiger partial charge in [0, 0.05) is 23.0 Å². The minimum atomic E-state index is 0.292. The van der Waals surface area contributed by atoms with Gasteiger partial charge >= 0.3 is 0 Å². The molecule has 3 heteroatoms. The van der Waals surface area contributed by atoms with Crippen molar-refractivity contribution < 1.29 is 9.57 Å². The summed E-state index contributed by atoms with van der Waals surface area (Å²) in [6, 6.07) is 19.1. The van der Waals surface area contributed by atoms with Gasteiger partial charge in [0.1, 0.15) is 5.75 Å². The van der Waals surface area contributed by atoms with E-state index in [9.17, 15) is 0 Å². The van der Waals surface area contributed by atoms with Crippen molar-refractivity contribution in [2.24, 2.45) is 5.16 Å². The number of nitrogens with zero attached hydrogens (tertiary/aromatic N) is 1. The van der Waals surface area contributed by atoms with E-state index in [1.54, 1.807) is 6.21 Å². The van der Waals surface area contributed by atoms with Crippen LogP contribution >= 0.6 is 0 Å². The summed E-state index contributed by atoms with van der Waals surface area (Å²) >= 11 is 0. The lowest BCUT2D eigenvalue weighted by atomic mass is 9.73. The Morgan fingerprint density at radius 1 is 0.885 bits per heavy atom. The molecule has 2 aromatic rings. The lowest BCUT2D eigenvalue weighted by molar-refractivity contribution is 0.230. The van der Waals surface area contributed by atoms with Crippen LogP contribution < -0.4 is 4.74 Å². The first kappa shape index (κ1) is 15.2. The second-order valence-corrected chi connectivity index (χ2v) is 6.83. The van der Waals surface area contributed by atoms with Crippen LogP contribution in [0.2, 0.25) is 0 Å². The van der Waals surface area contributed by atoms with E-state index < -0.39 is 0 Å². The highest BCUT2D eigenvalue weighted by Gasteiger charge is 2.35. The topological polar surface area (TPSA) is 30.8 Å². The van der Waals surface area contributed by atoms with Crippen molar-refractivity contribution in [3.05, 3.63) is 101 Å². The molecule has 0 radical (unpaired) electrons. The zero-order chi connectivity index (χ0) is 17.3. The summed E-state index contributed by atoms with van der Waals surface area (Å²) in [5.41, 5.74) is 5.16. The average Bonchev–Trinajstić information content (AvgIpc) is 2.73. The maximum absolute atomic E-state index is 6.12. The number of ether oxygens (including phenoxy) is 1. The molecule has 2 aliphatic heterocycles. The van der Waals surface area contributed by atoms with E-state index >= 15 is 0 Å². The van der Waals surface area contributed by atoms with Crippen molar-refractivity contribution in [2.45, 2.75) is 18.3 Å². The zero-order valence-electron chi connectivity index (χ0n) is 14.3. The molecule has 5 rings (SSSR count). The first-order valence-corrected chi connectivity index (χ1v) is 8.97. The van der Waals surface area contributed by atoms with Gasteiger partial charge in [-0.15, -0.1) is 0 Å². The van der Waals surface area contributed by atoms with E-state index in [2.05, 4.69) is 59.8 Å². The van der Waals surface area contributed by atoms with E-state index in [0.29, 0.717) is 18.4 Å². The average molecular weight is 341 g/mol. The number of hydrogen-bond donors (Lipinski definition) is 0. The molecule has 2 heterocycles. The molecule has 0 N–H and O–H groups in total. The lowest BCUT2D eigenvalue weighted by Crippen LogP contribution is -2.26. The molecule has 128 valence electrons. The van der Waals surface area contributed by atoms with Gasteiger partial charge in [0.2, 0.25) is 0 Å². The molecule has 3 nitrogen and oxygen atoms in total. The second kappa shape index (κ2) is 6.34. The van der Waals surface area contributed by atoms with Crippen molar-refractivity contribution >= 4 is 6.21 Å². The summed E-state index contributed by atoms with van der Waals surface area (Å²) in [7, 11) is 0. The molecule has 2 atom stereocenters. The third-order valence-electron chi connectivity index (χ3n) is 5.35. The van der Waals surface area contributed by atoms with Crippen LogP contribution in [0.4, 0.5) is 0 Å². The van der Waals surface area contributed by atoms with Crippen LogP contribution in [0.5, 0.6) is 5.75 Å². The largest absolute Gasteiger partial charge is 0.493 e. The predicted octanol–water partition coefficient (Wildman–Crippen LogP) is 5.10. The third-order valence-corrected chi connectivity index (χ3v) is 5.35. The highest BCUT2D eigenvalue weighted by atomic mass is 16.6. The molecular formula is C23H19NO2. The summed E-state index contributed by atoms with van der Waals surface area (Å²) < 4.78 is 6.12. The van der Waals surface area contributed by atoms with Crippen molar-refractivity contribution in [1.29, 1.82) is 0 Å². The molecule has 26 heavy (non-hydrogen) atoms. The number of hydrogen-bond acceptors (Lipinski definition) is 3. The van der Waals surface area contributed by atoms with E-state index in [1.165, 1.54) is 22.3 Å². The van der Waals surface area contributed by atoms with Crippen LogP contribution in [0.25, 0.3) is 0 Å². The minimum absolute atomic E-state index is 0.292. The van der Waals surface area contributed by atoms with Crippen LogP contribution in [0.15, 0.2) is 94.9 Å². The number of rotatable bonds is 2. The summed E-state index contributed by atoms with van der Waals surface area (Å²) in [6.45, 7) is 0.691. The SMILES string of the molecule is C1=NOC2=CC=C(C3c4ccccc4OCC3c3ccccc3)CC2=C1. The Bertz CT molecular complexity index is 953. The highest BCUT2D eigenvalue weighted by molar-refractivity contribution is 5.75. The van der Waals surface area contributed by atoms with Crippen molar-refractivity contribution in [3.8, 4) is 5.75 Å². The fraction of sp³-hybridized carbons (Fsp3) is 0.174. The van der Waals surface area contributed by atoms with Gasteiger partial charge in [-0.2, -0.15) is 0 Å². The monoisotopic (exact) mass is 341 g/mol. The molecule has 2 aromatic carbocycles. The van der Waals surface area contributed by atoms with Crippen LogP contribution in [0.3, 0.4) is 0 Å². The first-order chi connectivity index (χ1) is 12.9. The van der Waals surface area contributed by atoms with Crippen LogP contribution in [-0.2, 0) is 4.84 Å². The molecular weight excluding hydrogens is 322 g/mol. The van der Waals surface area contributed by atoms with Gasteiger partial charge in [0.15, 0.2) is 5.76 Å².